The van der Waals surface area contributed by atoms with Gasteiger partial charge in [-0.15, -0.1) is 0 Å². The molecule has 0 bridgehead atoms. The van der Waals surface area contributed by atoms with Crippen LogP contribution in [-0.2, 0) is 6.54 Å². The Hall–Kier alpha value is -1.52. The van der Waals surface area contributed by atoms with Crippen molar-refractivity contribution in [2.75, 3.05) is 11.9 Å². The summed E-state index contributed by atoms with van der Waals surface area (Å²) in [6, 6.07) is 6.82. The second-order valence-corrected chi connectivity index (χ2v) is 5.17. The molecule has 0 aliphatic rings. The Kier molecular flexibility index (Phi) is 3.89. The monoisotopic (exact) mass is 281 g/mol. The van der Waals surface area contributed by atoms with Crippen LogP contribution in [0.1, 0.15) is 15.9 Å². The average Bonchev–Trinajstić information content (AvgIpc) is 2.81. The number of thiophene rings is 1. The maximum absolute atomic E-state index is 11.2. The lowest BCUT2D eigenvalue weighted by molar-refractivity contribution is 0.0697. The highest BCUT2D eigenvalue weighted by atomic mass is 35.5. The van der Waals surface area contributed by atoms with Crippen molar-refractivity contribution in [2.45, 2.75) is 6.54 Å². The number of benzene rings is 1. The number of carbonyl (C=O) groups is 1. The minimum atomic E-state index is -0.946. The summed E-state index contributed by atoms with van der Waals surface area (Å²) < 4.78 is 0. The van der Waals surface area contributed by atoms with E-state index in [1.54, 1.807) is 23.5 Å². The van der Waals surface area contributed by atoms with Crippen LogP contribution in [0.25, 0.3) is 0 Å². The molecule has 94 valence electrons. The van der Waals surface area contributed by atoms with E-state index in [-0.39, 0.29) is 5.56 Å². The Morgan fingerprint density at radius 2 is 2.22 bits per heavy atom. The highest BCUT2D eigenvalue weighted by molar-refractivity contribution is 7.07. The lowest BCUT2D eigenvalue weighted by atomic mass is 10.1. The lowest BCUT2D eigenvalue weighted by Crippen LogP contribution is -2.19. The standard InChI is InChI=1S/C13H12ClNO2S/c1-15(7-9-4-5-18-8-9)12-6-10(14)2-3-11(12)13(16)17/h2-6,8H,7H2,1H3,(H,16,17). The summed E-state index contributed by atoms with van der Waals surface area (Å²) in [5.74, 6) is -0.946. The Balaban J connectivity index is 2.31. The molecule has 1 heterocycles. The summed E-state index contributed by atoms with van der Waals surface area (Å²) in [7, 11) is 1.86. The molecule has 0 radical (unpaired) electrons. The number of anilines is 1. The largest absolute Gasteiger partial charge is 0.478 e. The smallest absolute Gasteiger partial charge is 0.337 e. The Bertz CT molecular complexity index is 554. The van der Waals surface area contributed by atoms with Crippen molar-refractivity contribution in [3.63, 3.8) is 0 Å². The number of hydrogen-bond donors (Lipinski definition) is 1. The van der Waals surface area contributed by atoms with Crippen molar-refractivity contribution in [3.05, 3.63) is 51.2 Å². The van der Waals surface area contributed by atoms with Crippen molar-refractivity contribution in [1.29, 1.82) is 0 Å². The molecule has 5 heteroatoms. The van der Waals surface area contributed by atoms with Gasteiger partial charge >= 0.3 is 5.97 Å². The second kappa shape index (κ2) is 5.42. The molecule has 0 amide bonds. The van der Waals surface area contributed by atoms with Crippen molar-refractivity contribution in [3.8, 4) is 0 Å². The number of rotatable bonds is 4. The molecule has 2 rings (SSSR count). The van der Waals surface area contributed by atoms with E-state index in [0.29, 0.717) is 17.3 Å². The zero-order valence-corrected chi connectivity index (χ0v) is 11.3. The number of carboxylic acid groups (broad SMARTS) is 1. The SMILES string of the molecule is CN(Cc1ccsc1)c1cc(Cl)ccc1C(=O)O. The van der Waals surface area contributed by atoms with Crippen molar-refractivity contribution >= 4 is 34.6 Å². The van der Waals surface area contributed by atoms with Crippen LogP contribution in [0.5, 0.6) is 0 Å². The van der Waals surface area contributed by atoms with Gasteiger partial charge < -0.3 is 10.0 Å². The van der Waals surface area contributed by atoms with Gasteiger partial charge in [-0.25, -0.2) is 4.79 Å². The van der Waals surface area contributed by atoms with E-state index >= 15 is 0 Å². The lowest BCUT2D eigenvalue weighted by Gasteiger charge is -2.21. The second-order valence-electron chi connectivity index (χ2n) is 3.95. The fraction of sp³-hybridized carbons (Fsp3) is 0.154. The maximum atomic E-state index is 11.2. The maximum Gasteiger partial charge on any atom is 0.337 e. The van der Waals surface area contributed by atoms with Crippen LogP contribution < -0.4 is 4.90 Å². The number of hydrogen-bond acceptors (Lipinski definition) is 3. The number of nitrogens with zero attached hydrogens (tertiary/aromatic N) is 1. The summed E-state index contributed by atoms with van der Waals surface area (Å²) in [5.41, 5.74) is 2.04. The van der Waals surface area contributed by atoms with E-state index in [2.05, 4.69) is 0 Å². The van der Waals surface area contributed by atoms with Gasteiger partial charge in [0.05, 0.1) is 11.3 Å². The van der Waals surface area contributed by atoms with E-state index in [1.807, 2.05) is 28.8 Å². The van der Waals surface area contributed by atoms with Crippen LogP contribution in [-0.4, -0.2) is 18.1 Å². The van der Waals surface area contributed by atoms with Gasteiger partial charge in [-0.1, -0.05) is 11.6 Å². The Labute approximate surface area is 114 Å². The van der Waals surface area contributed by atoms with Crippen LogP contribution in [0.15, 0.2) is 35.0 Å². The minimum Gasteiger partial charge on any atom is -0.478 e. The molecule has 1 N–H and O–H groups in total. The van der Waals surface area contributed by atoms with Gasteiger partial charge in [0.25, 0.3) is 0 Å². The fourth-order valence-corrected chi connectivity index (χ4v) is 2.57. The van der Waals surface area contributed by atoms with Gasteiger partial charge in [0.1, 0.15) is 0 Å². The fourth-order valence-electron chi connectivity index (χ4n) is 1.74. The zero-order chi connectivity index (χ0) is 13.1. The zero-order valence-electron chi connectivity index (χ0n) is 9.76. The molecule has 0 unspecified atom stereocenters. The van der Waals surface area contributed by atoms with Crippen LogP contribution in [0, 0.1) is 0 Å². The van der Waals surface area contributed by atoms with E-state index in [9.17, 15) is 4.79 Å². The minimum absolute atomic E-state index is 0.261. The molecular weight excluding hydrogens is 270 g/mol. The number of aromatic carboxylic acids is 1. The van der Waals surface area contributed by atoms with Gasteiger partial charge in [0.2, 0.25) is 0 Å². The summed E-state index contributed by atoms with van der Waals surface area (Å²) in [6.07, 6.45) is 0. The summed E-state index contributed by atoms with van der Waals surface area (Å²) in [6.45, 7) is 0.657. The van der Waals surface area contributed by atoms with Gasteiger partial charge in [0, 0.05) is 18.6 Å². The molecular formula is C13H12ClNO2S. The molecule has 0 atom stereocenters. The molecule has 0 aliphatic carbocycles. The first kappa shape index (κ1) is 12.9. The first-order valence-corrected chi connectivity index (χ1v) is 6.65. The Morgan fingerprint density at radius 3 is 2.83 bits per heavy atom. The first-order chi connectivity index (χ1) is 8.58. The molecule has 0 spiro atoms. The quantitative estimate of drug-likeness (QED) is 0.928. The summed E-state index contributed by atoms with van der Waals surface area (Å²) in [5, 5.41) is 13.7. The van der Waals surface area contributed by atoms with Gasteiger partial charge in [-0.3, -0.25) is 0 Å². The molecule has 0 fully saturated rings. The van der Waals surface area contributed by atoms with Crippen LogP contribution in [0.2, 0.25) is 5.02 Å². The molecule has 2 aromatic rings. The number of carboxylic acids is 1. The van der Waals surface area contributed by atoms with Crippen LogP contribution in [0.4, 0.5) is 5.69 Å². The van der Waals surface area contributed by atoms with Crippen molar-refractivity contribution < 1.29 is 9.90 Å². The first-order valence-electron chi connectivity index (χ1n) is 5.33. The predicted octanol–water partition coefficient (Wildman–Crippen LogP) is 3.74. The van der Waals surface area contributed by atoms with E-state index in [4.69, 9.17) is 16.7 Å². The number of halogens is 1. The van der Waals surface area contributed by atoms with Crippen LogP contribution >= 0.6 is 22.9 Å². The third-order valence-corrected chi connectivity index (χ3v) is 3.57. The van der Waals surface area contributed by atoms with Gasteiger partial charge in [-0.05, 0) is 40.6 Å². The van der Waals surface area contributed by atoms with E-state index in [0.717, 1.165) is 5.56 Å². The normalized spacial score (nSPS) is 10.3. The summed E-state index contributed by atoms with van der Waals surface area (Å²) >= 11 is 7.55. The average molecular weight is 282 g/mol. The van der Waals surface area contributed by atoms with Crippen molar-refractivity contribution in [2.24, 2.45) is 0 Å². The topological polar surface area (TPSA) is 40.5 Å². The highest BCUT2D eigenvalue weighted by Crippen LogP contribution is 2.25. The highest BCUT2D eigenvalue weighted by Gasteiger charge is 2.14. The van der Waals surface area contributed by atoms with Crippen molar-refractivity contribution in [1.82, 2.24) is 0 Å². The van der Waals surface area contributed by atoms with E-state index < -0.39 is 5.97 Å². The molecule has 0 saturated carbocycles. The Morgan fingerprint density at radius 1 is 1.44 bits per heavy atom. The van der Waals surface area contributed by atoms with Gasteiger partial charge in [0.15, 0.2) is 0 Å². The van der Waals surface area contributed by atoms with E-state index in [1.165, 1.54) is 6.07 Å². The molecule has 0 saturated heterocycles. The summed E-state index contributed by atoms with van der Waals surface area (Å²) in [4.78, 5) is 13.1. The molecule has 3 nitrogen and oxygen atoms in total. The predicted molar refractivity (Wildman–Crippen MR) is 74.8 cm³/mol. The molecule has 1 aromatic heterocycles. The third-order valence-electron chi connectivity index (χ3n) is 2.60. The van der Waals surface area contributed by atoms with Gasteiger partial charge in [-0.2, -0.15) is 11.3 Å². The van der Waals surface area contributed by atoms with Crippen LogP contribution in [0.3, 0.4) is 0 Å². The molecule has 18 heavy (non-hydrogen) atoms. The molecule has 0 aliphatic heterocycles. The third kappa shape index (κ3) is 2.83. The molecule has 1 aromatic carbocycles.